The molecule has 1 N–H and O–H groups in total. The molecule has 5 nitrogen and oxygen atoms in total. The summed E-state index contributed by atoms with van der Waals surface area (Å²) in [5.41, 5.74) is 0. The van der Waals surface area contributed by atoms with Crippen molar-refractivity contribution in [1.29, 1.82) is 0 Å². The lowest BCUT2D eigenvalue weighted by Crippen LogP contribution is -2.48. The fourth-order valence-corrected chi connectivity index (χ4v) is 3.73. The molecular formula is C11H25N3O2S. The first kappa shape index (κ1) is 14.9. The van der Waals surface area contributed by atoms with Gasteiger partial charge in [-0.3, -0.25) is 0 Å². The van der Waals surface area contributed by atoms with E-state index in [0.717, 1.165) is 19.4 Å². The van der Waals surface area contributed by atoms with Crippen LogP contribution in [0.2, 0.25) is 0 Å². The zero-order chi connectivity index (χ0) is 12.9. The summed E-state index contributed by atoms with van der Waals surface area (Å²) in [5.74, 6) is 0.258. The summed E-state index contributed by atoms with van der Waals surface area (Å²) in [5, 5.41) is 2.98. The Hall–Kier alpha value is -0.170. The summed E-state index contributed by atoms with van der Waals surface area (Å²) in [4.78, 5) is 2.12. The first-order valence-corrected chi connectivity index (χ1v) is 7.87. The van der Waals surface area contributed by atoms with Crippen LogP contribution >= 0.6 is 0 Å². The van der Waals surface area contributed by atoms with E-state index in [1.54, 1.807) is 4.31 Å². The van der Waals surface area contributed by atoms with Crippen LogP contribution in [0.15, 0.2) is 0 Å². The normalized spacial score (nSPS) is 23.2. The number of rotatable bonds is 6. The maximum Gasteiger partial charge on any atom is 0.214 e. The molecule has 1 aliphatic rings. The van der Waals surface area contributed by atoms with Crippen molar-refractivity contribution in [3.8, 4) is 0 Å². The molecule has 1 atom stereocenters. The second-order valence-electron chi connectivity index (χ2n) is 4.89. The van der Waals surface area contributed by atoms with E-state index in [4.69, 9.17) is 0 Å². The standard InChI is InChI=1S/C11H25N3O2S/c1-12-7-5-9-17(15,16)14-8-4-6-11(10-14)13(2)3/h11-12H,4-10H2,1-3H3. The van der Waals surface area contributed by atoms with Gasteiger partial charge in [0.05, 0.1) is 5.75 Å². The third-order valence-corrected chi connectivity index (χ3v) is 5.24. The molecular weight excluding hydrogens is 238 g/mol. The van der Waals surface area contributed by atoms with Crippen molar-refractivity contribution in [2.75, 3.05) is 46.5 Å². The molecule has 102 valence electrons. The number of hydrogen-bond acceptors (Lipinski definition) is 4. The summed E-state index contributed by atoms with van der Waals surface area (Å²) in [6.07, 6.45) is 2.74. The highest BCUT2D eigenvalue weighted by molar-refractivity contribution is 7.89. The Balaban J connectivity index is 2.52. The minimum Gasteiger partial charge on any atom is -0.320 e. The molecule has 0 aliphatic carbocycles. The highest BCUT2D eigenvalue weighted by atomic mass is 32.2. The van der Waals surface area contributed by atoms with Crippen molar-refractivity contribution in [2.24, 2.45) is 0 Å². The summed E-state index contributed by atoms with van der Waals surface area (Å²) in [6, 6.07) is 0.364. The van der Waals surface area contributed by atoms with Crippen LogP contribution in [0.5, 0.6) is 0 Å². The van der Waals surface area contributed by atoms with E-state index in [0.29, 0.717) is 25.6 Å². The SMILES string of the molecule is CNCCCS(=O)(=O)N1CCCC(N(C)C)C1. The Labute approximate surface area is 105 Å². The molecule has 0 saturated carbocycles. The van der Waals surface area contributed by atoms with Gasteiger partial charge in [-0.1, -0.05) is 0 Å². The number of hydrogen-bond donors (Lipinski definition) is 1. The molecule has 1 aliphatic heterocycles. The second kappa shape index (κ2) is 6.68. The molecule has 1 heterocycles. The fourth-order valence-electron chi connectivity index (χ4n) is 2.16. The molecule has 0 bridgehead atoms. The third kappa shape index (κ3) is 4.54. The van der Waals surface area contributed by atoms with Gasteiger partial charge in [-0.25, -0.2) is 12.7 Å². The molecule has 1 unspecified atom stereocenters. The summed E-state index contributed by atoms with van der Waals surface area (Å²) < 4.78 is 25.9. The number of piperidine rings is 1. The fraction of sp³-hybridized carbons (Fsp3) is 1.00. The first-order chi connectivity index (χ1) is 7.97. The van der Waals surface area contributed by atoms with E-state index in [1.807, 2.05) is 21.1 Å². The molecule has 1 fully saturated rings. The Kier molecular flexibility index (Phi) is 5.85. The van der Waals surface area contributed by atoms with Crippen LogP contribution < -0.4 is 5.32 Å². The highest BCUT2D eigenvalue weighted by Gasteiger charge is 2.29. The molecule has 0 aromatic carbocycles. The van der Waals surface area contributed by atoms with Gasteiger partial charge < -0.3 is 10.2 Å². The smallest absolute Gasteiger partial charge is 0.214 e. The van der Waals surface area contributed by atoms with Crippen molar-refractivity contribution in [3.05, 3.63) is 0 Å². The monoisotopic (exact) mass is 263 g/mol. The second-order valence-corrected chi connectivity index (χ2v) is 6.98. The van der Waals surface area contributed by atoms with Gasteiger partial charge in [0.2, 0.25) is 10.0 Å². The van der Waals surface area contributed by atoms with E-state index in [-0.39, 0.29) is 5.75 Å². The molecule has 0 spiro atoms. The van der Waals surface area contributed by atoms with Crippen LogP contribution in [0.1, 0.15) is 19.3 Å². The summed E-state index contributed by atoms with van der Waals surface area (Å²) in [6.45, 7) is 2.09. The molecule has 1 saturated heterocycles. The molecule has 6 heteroatoms. The molecule has 0 radical (unpaired) electrons. The lowest BCUT2D eigenvalue weighted by atomic mass is 10.1. The largest absolute Gasteiger partial charge is 0.320 e. The molecule has 0 aromatic heterocycles. The van der Waals surface area contributed by atoms with Crippen LogP contribution in [0.25, 0.3) is 0 Å². The summed E-state index contributed by atoms with van der Waals surface area (Å²) in [7, 11) is 2.82. The van der Waals surface area contributed by atoms with Gasteiger partial charge in [0.1, 0.15) is 0 Å². The van der Waals surface area contributed by atoms with Crippen molar-refractivity contribution < 1.29 is 8.42 Å². The average Bonchev–Trinajstić information content (AvgIpc) is 2.29. The summed E-state index contributed by atoms with van der Waals surface area (Å²) >= 11 is 0. The molecule has 1 rings (SSSR count). The van der Waals surface area contributed by atoms with Crippen LogP contribution in [0.3, 0.4) is 0 Å². The van der Waals surface area contributed by atoms with E-state index in [9.17, 15) is 8.42 Å². The maximum absolute atomic E-state index is 12.1. The third-order valence-electron chi connectivity index (χ3n) is 3.31. The lowest BCUT2D eigenvalue weighted by molar-refractivity contribution is 0.190. The Morgan fingerprint density at radius 1 is 1.41 bits per heavy atom. The van der Waals surface area contributed by atoms with Gasteiger partial charge in [0.15, 0.2) is 0 Å². The van der Waals surface area contributed by atoms with Gasteiger partial charge in [-0.2, -0.15) is 0 Å². The van der Waals surface area contributed by atoms with Crippen LogP contribution in [0.4, 0.5) is 0 Å². The highest BCUT2D eigenvalue weighted by Crippen LogP contribution is 2.17. The zero-order valence-corrected chi connectivity index (χ0v) is 12.0. The van der Waals surface area contributed by atoms with Crippen molar-refractivity contribution in [3.63, 3.8) is 0 Å². The van der Waals surface area contributed by atoms with Gasteiger partial charge in [-0.05, 0) is 47.0 Å². The molecule has 0 aromatic rings. The van der Waals surface area contributed by atoms with Crippen LogP contribution in [-0.4, -0.2) is 70.2 Å². The van der Waals surface area contributed by atoms with Gasteiger partial charge in [0, 0.05) is 19.1 Å². The quantitative estimate of drug-likeness (QED) is 0.683. The van der Waals surface area contributed by atoms with Crippen molar-refractivity contribution in [1.82, 2.24) is 14.5 Å². The van der Waals surface area contributed by atoms with Crippen molar-refractivity contribution in [2.45, 2.75) is 25.3 Å². The van der Waals surface area contributed by atoms with Crippen LogP contribution in [-0.2, 0) is 10.0 Å². The zero-order valence-electron chi connectivity index (χ0n) is 11.1. The minimum absolute atomic E-state index is 0.258. The van der Waals surface area contributed by atoms with E-state index >= 15 is 0 Å². The predicted molar refractivity (Wildman–Crippen MR) is 70.6 cm³/mol. The number of nitrogens with zero attached hydrogens (tertiary/aromatic N) is 2. The predicted octanol–water partition coefficient (Wildman–Crippen LogP) is -0.0483. The van der Waals surface area contributed by atoms with E-state index in [2.05, 4.69) is 10.2 Å². The lowest BCUT2D eigenvalue weighted by Gasteiger charge is -2.35. The van der Waals surface area contributed by atoms with Crippen LogP contribution in [0, 0.1) is 0 Å². The Morgan fingerprint density at radius 3 is 2.71 bits per heavy atom. The van der Waals surface area contributed by atoms with Gasteiger partial charge in [-0.15, -0.1) is 0 Å². The topological polar surface area (TPSA) is 52.7 Å². The maximum atomic E-state index is 12.1. The molecule has 17 heavy (non-hydrogen) atoms. The van der Waals surface area contributed by atoms with E-state index < -0.39 is 10.0 Å². The number of likely N-dealkylation sites (N-methyl/N-ethyl adjacent to an activating group) is 1. The van der Waals surface area contributed by atoms with Gasteiger partial charge >= 0.3 is 0 Å². The average molecular weight is 263 g/mol. The Morgan fingerprint density at radius 2 is 2.12 bits per heavy atom. The molecule has 0 amide bonds. The Bertz CT molecular complexity index is 317. The number of nitrogens with one attached hydrogen (secondary N) is 1. The minimum atomic E-state index is -3.06. The number of sulfonamides is 1. The van der Waals surface area contributed by atoms with Crippen molar-refractivity contribution >= 4 is 10.0 Å². The first-order valence-electron chi connectivity index (χ1n) is 6.26. The van der Waals surface area contributed by atoms with Gasteiger partial charge in [0.25, 0.3) is 0 Å². The van der Waals surface area contributed by atoms with E-state index in [1.165, 1.54) is 0 Å².